The summed E-state index contributed by atoms with van der Waals surface area (Å²) in [4.78, 5) is 44.2. The average Bonchev–Trinajstić information content (AvgIpc) is 3.11. The summed E-state index contributed by atoms with van der Waals surface area (Å²) >= 11 is 0. The Balaban J connectivity index is 1.95. The molecule has 1 N–H and O–H groups in total. The van der Waals surface area contributed by atoms with Crippen LogP contribution in [0.4, 0.5) is 5.82 Å². The number of likely N-dealkylation sites (tertiary alicyclic amines) is 1. The smallest absolute Gasteiger partial charge is 0.340 e. The summed E-state index contributed by atoms with van der Waals surface area (Å²) in [5.74, 6) is -1.37. The predicted molar refractivity (Wildman–Crippen MR) is 107 cm³/mol. The molecular weight excluding hydrogens is 388 g/mol. The van der Waals surface area contributed by atoms with Gasteiger partial charge in [0.2, 0.25) is 5.91 Å². The van der Waals surface area contributed by atoms with Crippen LogP contribution < -0.4 is 4.90 Å². The summed E-state index contributed by atoms with van der Waals surface area (Å²) in [6.07, 6.45) is 1.81. The average molecular weight is 414 g/mol. The molecule has 0 aromatic carbocycles. The summed E-state index contributed by atoms with van der Waals surface area (Å²) in [5, 5.41) is 18.9. The van der Waals surface area contributed by atoms with Gasteiger partial charge in [0.25, 0.3) is 0 Å². The molecule has 0 radical (unpaired) electrons. The first kappa shape index (κ1) is 21.6. The molecule has 0 saturated carbocycles. The molecule has 1 aromatic heterocycles. The normalized spacial score (nSPS) is 17.3. The first-order chi connectivity index (χ1) is 14.3. The molecule has 3 rings (SSSR count). The highest BCUT2D eigenvalue weighted by Gasteiger charge is 2.30. The minimum atomic E-state index is -0.817. The molecule has 1 aromatic rings. The highest BCUT2D eigenvalue weighted by atomic mass is 16.5. The van der Waals surface area contributed by atoms with Crippen LogP contribution in [0.1, 0.15) is 61.1 Å². The molecule has 30 heavy (non-hydrogen) atoms. The number of carboxylic acid groups (broad SMARTS) is 1. The number of aliphatic carboxylic acids is 1. The van der Waals surface area contributed by atoms with Gasteiger partial charge in [0.15, 0.2) is 0 Å². The molecule has 160 valence electrons. The Morgan fingerprint density at radius 3 is 2.57 bits per heavy atom. The molecule has 0 unspecified atom stereocenters. The van der Waals surface area contributed by atoms with Crippen LogP contribution in [0.15, 0.2) is 6.07 Å². The maximum Gasteiger partial charge on any atom is 0.340 e. The predicted octanol–water partition coefficient (Wildman–Crippen LogP) is 1.94. The molecule has 2 fully saturated rings. The minimum absolute atomic E-state index is 0.00755. The van der Waals surface area contributed by atoms with E-state index in [1.165, 1.54) is 6.07 Å². The standard InChI is InChI=1S/C21H26N4O5/c1-13(2)30-21(29)16-10-15(11-22)19(24-8-5-14(6-9-24)20(27)28)23-17(16)12-25-7-3-4-18(25)26/h10,13-14H,3-9,12H2,1-2H3,(H,27,28). The number of piperidine rings is 1. The Morgan fingerprint density at radius 2 is 2.03 bits per heavy atom. The molecule has 2 aliphatic heterocycles. The molecule has 0 spiro atoms. The van der Waals surface area contributed by atoms with Crippen LogP contribution in [0.25, 0.3) is 0 Å². The number of carbonyl (C=O) groups is 3. The zero-order chi connectivity index (χ0) is 21.8. The van der Waals surface area contributed by atoms with Gasteiger partial charge in [-0.05, 0) is 39.2 Å². The summed E-state index contributed by atoms with van der Waals surface area (Å²) in [6, 6.07) is 3.57. The van der Waals surface area contributed by atoms with Crippen molar-refractivity contribution in [2.75, 3.05) is 24.5 Å². The van der Waals surface area contributed by atoms with E-state index in [2.05, 4.69) is 11.1 Å². The van der Waals surface area contributed by atoms with E-state index in [1.54, 1.807) is 18.7 Å². The van der Waals surface area contributed by atoms with E-state index < -0.39 is 17.9 Å². The molecule has 9 nitrogen and oxygen atoms in total. The second kappa shape index (κ2) is 9.11. The number of pyridine rings is 1. The van der Waals surface area contributed by atoms with Gasteiger partial charge in [-0.2, -0.15) is 5.26 Å². The van der Waals surface area contributed by atoms with Gasteiger partial charge in [0.05, 0.1) is 35.4 Å². The van der Waals surface area contributed by atoms with Crippen LogP contribution in [0.2, 0.25) is 0 Å². The number of carbonyl (C=O) groups excluding carboxylic acids is 2. The van der Waals surface area contributed by atoms with Crippen molar-refractivity contribution in [1.82, 2.24) is 9.88 Å². The van der Waals surface area contributed by atoms with Crippen molar-refractivity contribution in [1.29, 1.82) is 5.26 Å². The number of rotatable bonds is 6. The van der Waals surface area contributed by atoms with Gasteiger partial charge in [-0.15, -0.1) is 0 Å². The number of aromatic nitrogens is 1. The Morgan fingerprint density at radius 1 is 1.33 bits per heavy atom. The third kappa shape index (κ3) is 4.70. The molecule has 2 saturated heterocycles. The summed E-state index contributed by atoms with van der Waals surface area (Å²) in [7, 11) is 0. The second-order valence-electron chi connectivity index (χ2n) is 7.94. The van der Waals surface area contributed by atoms with Gasteiger partial charge in [-0.3, -0.25) is 9.59 Å². The van der Waals surface area contributed by atoms with Gasteiger partial charge < -0.3 is 19.6 Å². The molecule has 1 amide bonds. The Kier molecular flexibility index (Phi) is 6.55. The lowest BCUT2D eigenvalue weighted by Gasteiger charge is -2.32. The van der Waals surface area contributed by atoms with Crippen LogP contribution in [-0.4, -0.2) is 58.6 Å². The number of hydrogen-bond donors (Lipinski definition) is 1. The van der Waals surface area contributed by atoms with Crippen molar-refractivity contribution >= 4 is 23.7 Å². The number of amides is 1. The number of nitrogens with zero attached hydrogens (tertiary/aromatic N) is 4. The Bertz CT molecular complexity index is 884. The molecule has 9 heteroatoms. The topological polar surface area (TPSA) is 124 Å². The van der Waals surface area contributed by atoms with Gasteiger partial charge in [0.1, 0.15) is 11.9 Å². The Hall–Kier alpha value is -3.15. The lowest BCUT2D eigenvalue weighted by Crippen LogP contribution is -2.37. The van der Waals surface area contributed by atoms with E-state index >= 15 is 0 Å². The number of ether oxygens (including phenoxy) is 1. The highest BCUT2D eigenvalue weighted by Crippen LogP contribution is 2.28. The van der Waals surface area contributed by atoms with Crippen molar-refractivity contribution in [3.8, 4) is 6.07 Å². The maximum atomic E-state index is 12.7. The van der Waals surface area contributed by atoms with Crippen molar-refractivity contribution < 1.29 is 24.2 Å². The number of esters is 1. The SMILES string of the molecule is CC(C)OC(=O)c1cc(C#N)c(N2CCC(C(=O)O)CC2)nc1CN1CCCC1=O. The lowest BCUT2D eigenvalue weighted by atomic mass is 9.96. The van der Waals surface area contributed by atoms with E-state index in [0.717, 1.165) is 6.42 Å². The number of anilines is 1. The first-order valence-corrected chi connectivity index (χ1v) is 10.2. The zero-order valence-electron chi connectivity index (χ0n) is 17.3. The fourth-order valence-corrected chi connectivity index (χ4v) is 3.83. The molecule has 0 bridgehead atoms. The van der Waals surface area contributed by atoms with Gasteiger partial charge in [-0.25, -0.2) is 9.78 Å². The molecule has 3 heterocycles. The van der Waals surface area contributed by atoms with Crippen molar-refractivity contribution in [3.05, 3.63) is 22.9 Å². The first-order valence-electron chi connectivity index (χ1n) is 10.2. The van der Waals surface area contributed by atoms with Gasteiger partial charge in [0, 0.05) is 26.1 Å². The van der Waals surface area contributed by atoms with Crippen molar-refractivity contribution in [3.63, 3.8) is 0 Å². The second-order valence-corrected chi connectivity index (χ2v) is 7.94. The highest BCUT2D eigenvalue weighted by molar-refractivity contribution is 5.92. The maximum absolute atomic E-state index is 12.7. The van der Waals surface area contributed by atoms with E-state index in [-0.39, 0.29) is 29.7 Å². The van der Waals surface area contributed by atoms with Crippen LogP contribution >= 0.6 is 0 Å². The summed E-state index contributed by atoms with van der Waals surface area (Å²) in [5.41, 5.74) is 0.811. The van der Waals surface area contributed by atoms with Crippen LogP contribution in [0, 0.1) is 17.2 Å². The quantitative estimate of drug-likeness (QED) is 0.701. The third-order valence-corrected chi connectivity index (χ3v) is 5.42. The number of nitriles is 1. The monoisotopic (exact) mass is 414 g/mol. The van der Waals surface area contributed by atoms with Crippen molar-refractivity contribution in [2.45, 2.75) is 52.2 Å². The summed E-state index contributed by atoms with van der Waals surface area (Å²) < 4.78 is 5.32. The Labute approximate surface area is 175 Å². The third-order valence-electron chi connectivity index (χ3n) is 5.42. The summed E-state index contributed by atoms with van der Waals surface area (Å²) in [6.45, 7) is 5.15. The van der Waals surface area contributed by atoms with Gasteiger partial charge >= 0.3 is 11.9 Å². The molecule has 2 aliphatic rings. The van der Waals surface area contributed by atoms with E-state index in [1.807, 2.05) is 4.90 Å². The largest absolute Gasteiger partial charge is 0.481 e. The van der Waals surface area contributed by atoms with Crippen LogP contribution in [-0.2, 0) is 20.9 Å². The minimum Gasteiger partial charge on any atom is -0.481 e. The molecular formula is C21H26N4O5. The fourth-order valence-electron chi connectivity index (χ4n) is 3.83. The van der Waals surface area contributed by atoms with E-state index in [0.29, 0.717) is 50.4 Å². The molecule has 0 atom stereocenters. The van der Waals surface area contributed by atoms with E-state index in [9.17, 15) is 24.8 Å². The van der Waals surface area contributed by atoms with Crippen LogP contribution in [0.3, 0.4) is 0 Å². The molecule has 0 aliphatic carbocycles. The van der Waals surface area contributed by atoms with Crippen LogP contribution in [0.5, 0.6) is 0 Å². The van der Waals surface area contributed by atoms with Gasteiger partial charge in [-0.1, -0.05) is 0 Å². The van der Waals surface area contributed by atoms with Crippen molar-refractivity contribution in [2.24, 2.45) is 5.92 Å². The number of carboxylic acids is 1. The lowest BCUT2D eigenvalue weighted by molar-refractivity contribution is -0.142. The fraction of sp³-hybridized carbons (Fsp3) is 0.571. The zero-order valence-corrected chi connectivity index (χ0v) is 17.3. The van der Waals surface area contributed by atoms with E-state index in [4.69, 9.17) is 4.74 Å². The number of hydrogen-bond acceptors (Lipinski definition) is 7.